The van der Waals surface area contributed by atoms with Crippen molar-refractivity contribution in [3.05, 3.63) is 99.7 Å². The molecule has 1 aromatic heterocycles. The minimum atomic E-state index is -0.573. The molecule has 2 aliphatic carbocycles. The number of nitrogens with one attached hydrogen (secondary N) is 1. The zero-order chi connectivity index (χ0) is 26.6. The standard InChI is InChI=1S/C32H29ClN4O2/c33-26-11-3-2-9-24(26)27-29(38)37(32(36-27)14-4-1-5-15-32)17-7-8-21-12-13-22-19-31(20-23(22)18-21)25-10-6-16-34-28(25)35-30(31)39/h2-3,6-13,16,18H,1,4-5,14-15,17,19-20H2,(H,34,35,39)/b8-7+. The van der Waals surface area contributed by atoms with Crippen LogP contribution in [0.2, 0.25) is 5.02 Å². The van der Waals surface area contributed by atoms with Gasteiger partial charge in [-0.05, 0) is 67.3 Å². The maximum Gasteiger partial charge on any atom is 0.274 e. The first kappa shape index (κ1) is 24.3. The molecule has 3 aromatic rings. The summed E-state index contributed by atoms with van der Waals surface area (Å²) in [5.41, 5.74) is 4.56. The molecule has 1 N–H and O–H groups in total. The van der Waals surface area contributed by atoms with Crippen LogP contribution in [0.25, 0.3) is 6.08 Å². The molecule has 4 aliphatic rings. The highest BCUT2D eigenvalue weighted by atomic mass is 35.5. The second-order valence-electron chi connectivity index (χ2n) is 11.1. The second-order valence-corrected chi connectivity index (χ2v) is 11.5. The molecule has 0 bridgehead atoms. The van der Waals surface area contributed by atoms with Crippen LogP contribution < -0.4 is 5.32 Å². The number of nitrogens with zero attached hydrogens (tertiary/aromatic N) is 3. The lowest BCUT2D eigenvalue weighted by molar-refractivity contribution is -0.128. The molecular weight excluding hydrogens is 508 g/mol. The van der Waals surface area contributed by atoms with Crippen LogP contribution in [0.15, 0.2) is 71.9 Å². The topological polar surface area (TPSA) is 74.7 Å². The second kappa shape index (κ2) is 9.16. The summed E-state index contributed by atoms with van der Waals surface area (Å²) in [4.78, 5) is 38.0. The molecule has 1 fully saturated rings. The number of fused-ring (bicyclic) bond motifs is 3. The Bertz CT molecular complexity index is 1570. The predicted octanol–water partition coefficient (Wildman–Crippen LogP) is 5.73. The highest BCUT2D eigenvalue weighted by Gasteiger charge is 2.51. The largest absolute Gasteiger partial charge is 0.310 e. The van der Waals surface area contributed by atoms with E-state index in [0.717, 1.165) is 36.8 Å². The average Bonchev–Trinajstić information content (AvgIpc) is 3.55. The number of anilines is 1. The Hall–Kier alpha value is -3.77. The van der Waals surface area contributed by atoms with Crippen molar-refractivity contribution in [2.75, 3.05) is 11.9 Å². The fourth-order valence-corrected chi connectivity index (χ4v) is 7.12. The summed E-state index contributed by atoms with van der Waals surface area (Å²) in [5, 5.41) is 3.53. The van der Waals surface area contributed by atoms with Crippen LogP contribution in [0.5, 0.6) is 0 Å². The van der Waals surface area contributed by atoms with Crippen molar-refractivity contribution >= 4 is 41.0 Å². The van der Waals surface area contributed by atoms with Gasteiger partial charge in [-0.15, -0.1) is 0 Å². The summed E-state index contributed by atoms with van der Waals surface area (Å²) in [6.07, 6.45) is 12.2. The van der Waals surface area contributed by atoms with E-state index in [1.807, 2.05) is 41.3 Å². The lowest BCUT2D eigenvalue weighted by Gasteiger charge is -2.38. The SMILES string of the molecule is O=C1C(c2ccccc2Cl)=NC2(CCCCC2)N1C/C=C/c1ccc2c(c1)CC1(C2)C(=O)Nc2ncccc21. The maximum absolute atomic E-state index is 13.7. The molecule has 0 radical (unpaired) electrons. The third-order valence-corrected chi connectivity index (χ3v) is 9.19. The number of pyridine rings is 1. The van der Waals surface area contributed by atoms with Crippen LogP contribution >= 0.6 is 11.6 Å². The van der Waals surface area contributed by atoms with Gasteiger partial charge in [-0.25, -0.2) is 4.98 Å². The molecule has 2 amide bonds. The Morgan fingerprint density at radius 3 is 2.64 bits per heavy atom. The lowest BCUT2D eigenvalue weighted by Crippen LogP contribution is -2.48. The molecule has 196 valence electrons. The average molecular weight is 537 g/mol. The van der Waals surface area contributed by atoms with Crippen molar-refractivity contribution in [3.8, 4) is 0 Å². The van der Waals surface area contributed by atoms with E-state index in [4.69, 9.17) is 16.6 Å². The van der Waals surface area contributed by atoms with Gasteiger partial charge >= 0.3 is 0 Å². The monoisotopic (exact) mass is 536 g/mol. The molecule has 1 saturated carbocycles. The number of benzene rings is 2. The van der Waals surface area contributed by atoms with Gasteiger partial charge in [-0.1, -0.05) is 72.6 Å². The number of carbonyl (C=O) groups is 2. The molecule has 2 aromatic carbocycles. The van der Waals surface area contributed by atoms with Crippen LogP contribution in [0.3, 0.4) is 0 Å². The first-order valence-corrected chi connectivity index (χ1v) is 14.1. The Labute approximate surface area is 232 Å². The molecule has 0 saturated heterocycles. The molecule has 1 unspecified atom stereocenters. The maximum atomic E-state index is 13.7. The summed E-state index contributed by atoms with van der Waals surface area (Å²) >= 11 is 6.46. The van der Waals surface area contributed by atoms with Gasteiger partial charge < -0.3 is 10.2 Å². The van der Waals surface area contributed by atoms with E-state index in [0.29, 0.717) is 41.5 Å². The fraction of sp³-hybridized carbons (Fsp3) is 0.312. The van der Waals surface area contributed by atoms with Crippen LogP contribution in [-0.2, 0) is 27.8 Å². The molecule has 6 nitrogen and oxygen atoms in total. The summed E-state index contributed by atoms with van der Waals surface area (Å²) in [7, 11) is 0. The van der Waals surface area contributed by atoms with E-state index in [-0.39, 0.29) is 11.8 Å². The number of hydrogen-bond donors (Lipinski definition) is 1. The molecular formula is C32H29ClN4O2. The Balaban J connectivity index is 1.12. The van der Waals surface area contributed by atoms with Crippen molar-refractivity contribution in [1.29, 1.82) is 0 Å². The number of hydrogen-bond acceptors (Lipinski definition) is 4. The van der Waals surface area contributed by atoms with Gasteiger partial charge in [-0.3, -0.25) is 14.6 Å². The van der Waals surface area contributed by atoms with E-state index >= 15 is 0 Å². The highest BCUT2D eigenvalue weighted by molar-refractivity contribution is 6.50. The number of aromatic nitrogens is 1. The quantitative estimate of drug-likeness (QED) is 0.463. The summed E-state index contributed by atoms with van der Waals surface area (Å²) in [6.45, 7) is 0.485. The number of rotatable bonds is 4. The minimum absolute atomic E-state index is 0.0316. The molecule has 7 heteroatoms. The Morgan fingerprint density at radius 2 is 1.79 bits per heavy atom. The van der Waals surface area contributed by atoms with E-state index in [1.54, 1.807) is 6.20 Å². The number of halogens is 1. The third-order valence-electron chi connectivity index (χ3n) is 8.86. The lowest BCUT2D eigenvalue weighted by atomic mass is 9.79. The smallest absolute Gasteiger partial charge is 0.274 e. The first-order valence-electron chi connectivity index (χ1n) is 13.7. The number of carbonyl (C=O) groups excluding carboxylic acids is 2. The van der Waals surface area contributed by atoms with Gasteiger partial charge in [0, 0.05) is 23.9 Å². The zero-order valence-electron chi connectivity index (χ0n) is 21.6. The van der Waals surface area contributed by atoms with Gasteiger partial charge in [0.2, 0.25) is 5.91 Å². The highest BCUT2D eigenvalue weighted by Crippen LogP contribution is 2.47. The summed E-state index contributed by atoms with van der Waals surface area (Å²) < 4.78 is 0. The number of aliphatic imine (C=N–C) groups is 1. The number of amides is 2. The van der Waals surface area contributed by atoms with Crippen LogP contribution in [0.1, 0.15) is 59.9 Å². The van der Waals surface area contributed by atoms with E-state index < -0.39 is 11.1 Å². The van der Waals surface area contributed by atoms with Crippen molar-refractivity contribution < 1.29 is 9.59 Å². The van der Waals surface area contributed by atoms with Crippen molar-refractivity contribution in [2.24, 2.45) is 4.99 Å². The van der Waals surface area contributed by atoms with E-state index in [9.17, 15) is 9.59 Å². The normalized spacial score (nSPS) is 23.0. The molecule has 7 rings (SSSR count). The Kier molecular flexibility index (Phi) is 5.70. The van der Waals surface area contributed by atoms with Crippen LogP contribution in [0.4, 0.5) is 5.82 Å². The van der Waals surface area contributed by atoms with Gasteiger partial charge in [0.1, 0.15) is 17.2 Å². The molecule has 3 heterocycles. The van der Waals surface area contributed by atoms with Crippen LogP contribution in [0, 0.1) is 0 Å². The summed E-state index contributed by atoms with van der Waals surface area (Å²) in [6, 6.07) is 17.8. The minimum Gasteiger partial charge on any atom is -0.310 e. The summed E-state index contributed by atoms with van der Waals surface area (Å²) in [5.74, 6) is 0.662. The van der Waals surface area contributed by atoms with E-state index in [2.05, 4.69) is 40.7 Å². The van der Waals surface area contributed by atoms with Gasteiger partial charge in [-0.2, -0.15) is 0 Å². The fourth-order valence-electron chi connectivity index (χ4n) is 6.90. The molecule has 2 aliphatic heterocycles. The van der Waals surface area contributed by atoms with Crippen molar-refractivity contribution in [2.45, 2.75) is 56.0 Å². The molecule has 2 spiro atoms. The first-order chi connectivity index (χ1) is 19.0. The Morgan fingerprint density at radius 1 is 0.974 bits per heavy atom. The van der Waals surface area contributed by atoms with Gasteiger partial charge in [0.25, 0.3) is 5.91 Å². The van der Waals surface area contributed by atoms with Gasteiger partial charge in [0.15, 0.2) is 0 Å². The van der Waals surface area contributed by atoms with Gasteiger partial charge in [0.05, 0.1) is 10.4 Å². The predicted molar refractivity (Wildman–Crippen MR) is 153 cm³/mol. The van der Waals surface area contributed by atoms with Crippen molar-refractivity contribution in [1.82, 2.24) is 9.88 Å². The molecule has 39 heavy (non-hydrogen) atoms. The zero-order valence-corrected chi connectivity index (χ0v) is 22.4. The third kappa shape index (κ3) is 3.84. The van der Waals surface area contributed by atoms with Crippen molar-refractivity contribution in [3.63, 3.8) is 0 Å². The molecule has 1 atom stereocenters. The van der Waals surface area contributed by atoms with E-state index in [1.165, 1.54) is 17.5 Å². The van der Waals surface area contributed by atoms with Crippen LogP contribution in [-0.4, -0.2) is 39.6 Å².